The fraction of sp³-hybridized carbons (Fsp3) is 0.300. The van der Waals surface area contributed by atoms with Gasteiger partial charge < -0.3 is 15.2 Å². The van der Waals surface area contributed by atoms with Crippen molar-refractivity contribution in [1.82, 2.24) is 0 Å². The van der Waals surface area contributed by atoms with Crippen LogP contribution in [0.15, 0.2) is 12.1 Å². The number of methoxy groups -OCH3 is 1. The molecule has 0 unspecified atom stereocenters. The highest BCUT2D eigenvalue weighted by Gasteiger charge is 2.16. The SMILES string of the molecule is CCOC(=O)c1c(N)cc(OC)cc1Cl. The summed E-state index contributed by atoms with van der Waals surface area (Å²) in [6, 6.07) is 3.04. The summed E-state index contributed by atoms with van der Waals surface area (Å²) in [5, 5.41) is 0.227. The number of hydrogen-bond donors (Lipinski definition) is 1. The number of ether oxygens (including phenoxy) is 2. The molecule has 0 heterocycles. The van der Waals surface area contributed by atoms with Crippen LogP contribution in [0.25, 0.3) is 0 Å². The Morgan fingerprint density at radius 1 is 1.53 bits per heavy atom. The van der Waals surface area contributed by atoms with E-state index in [1.807, 2.05) is 0 Å². The Kier molecular flexibility index (Phi) is 3.80. The van der Waals surface area contributed by atoms with Crippen molar-refractivity contribution < 1.29 is 14.3 Å². The van der Waals surface area contributed by atoms with Gasteiger partial charge in [0.05, 0.1) is 24.4 Å². The Balaban J connectivity index is 3.13. The molecule has 1 aromatic carbocycles. The average molecular weight is 230 g/mol. The quantitative estimate of drug-likeness (QED) is 0.637. The summed E-state index contributed by atoms with van der Waals surface area (Å²) in [5.41, 5.74) is 6.09. The molecule has 0 aliphatic carbocycles. The molecule has 82 valence electrons. The monoisotopic (exact) mass is 229 g/mol. The zero-order chi connectivity index (χ0) is 11.4. The summed E-state index contributed by atoms with van der Waals surface area (Å²) < 4.78 is 9.77. The molecule has 0 aliphatic rings. The summed E-state index contributed by atoms with van der Waals surface area (Å²) in [7, 11) is 1.50. The van der Waals surface area contributed by atoms with E-state index < -0.39 is 5.97 Å². The van der Waals surface area contributed by atoms with Crippen molar-refractivity contribution in [3.63, 3.8) is 0 Å². The van der Waals surface area contributed by atoms with E-state index in [9.17, 15) is 4.79 Å². The summed E-state index contributed by atoms with van der Waals surface area (Å²) >= 11 is 5.88. The minimum atomic E-state index is -0.525. The van der Waals surface area contributed by atoms with Gasteiger partial charge in [-0.25, -0.2) is 4.79 Å². The first kappa shape index (κ1) is 11.7. The van der Waals surface area contributed by atoms with Crippen LogP contribution in [0.2, 0.25) is 5.02 Å². The first-order chi connectivity index (χ1) is 7.10. The number of nitrogen functional groups attached to an aromatic ring is 1. The van der Waals surface area contributed by atoms with Gasteiger partial charge in [-0.3, -0.25) is 0 Å². The molecule has 0 saturated heterocycles. The second-order valence-corrected chi connectivity index (χ2v) is 3.20. The largest absolute Gasteiger partial charge is 0.497 e. The number of esters is 1. The van der Waals surface area contributed by atoms with Crippen LogP contribution in [0.5, 0.6) is 5.75 Å². The minimum Gasteiger partial charge on any atom is -0.497 e. The molecule has 2 N–H and O–H groups in total. The maximum absolute atomic E-state index is 11.5. The number of anilines is 1. The van der Waals surface area contributed by atoms with Crippen molar-refractivity contribution in [3.05, 3.63) is 22.7 Å². The highest BCUT2D eigenvalue weighted by atomic mass is 35.5. The van der Waals surface area contributed by atoms with Gasteiger partial charge in [0.1, 0.15) is 11.3 Å². The Bertz CT molecular complexity index is 356. The van der Waals surface area contributed by atoms with Gasteiger partial charge in [-0.05, 0) is 13.0 Å². The standard InChI is InChI=1S/C10H12ClNO3/c1-3-15-10(13)9-7(11)4-6(14-2)5-8(9)12/h4-5H,3,12H2,1-2H3. The third-order valence-electron chi connectivity index (χ3n) is 1.81. The third kappa shape index (κ3) is 2.53. The summed E-state index contributed by atoms with van der Waals surface area (Å²) in [4.78, 5) is 11.5. The van der Waals surface area contributed by atoms with E-state index in [2.05, 4.69) is 0 Å². The summed E-state index contributed by atoms with van der Waals surface area (Å²) in [5.74, 6) is -0.0202. The lowest BCUT2D eigenvalue weighted by molar-refractivity contribution is 0.0528. The molecule has 4 nitrogen and oxygen atoms in total. The fourth-order valence-electron chi connectivity index (χ4n) is 1.14. The normalized spacial score (nSPS) is 9.80. The second kappa shape index (κ2) is 4.89. The number of halogens is 1. The first-order valence-corrected chi connectivity index (χ1v) is 4.78. The molecule has 15 heavy (non-hydrogen) atoms. The van der Waals surface area contributed by atoms with Gasteiger partial charge in [-0.2, -0.15) is 0 Å². The number of nitrogens with two attached hydrogens (primary N) is 1. The number of rotatable bonds is 3. The second-order valence-electron chi connectivity index (χ2n) is 2.79. The van der Waals surface area contributed by atoms with E-state index in [1.54, 1.807) is 6.92 Å². The van der Waals surface area contributed by atoms with Gasteiger partial charge >= 0.3 is 5.97 Å². The molecule has 0 saturated carbocycles. The molecule has 0 radical (unpaired) electrons. The molecular weight excluding hydrogens is 218 g/mol. The zero-order valence-corrected chi connectivity index (χ0v) is 9.30. The van der Waals surface area contributed by atoms with Crippen LogP contribution in [0.3, 0.4) is 0 Å². The van der Waals surface area contributed by atoms with Crippen molar-refractivity contribution in [3.8, 4) is 5.75 Å². The summed E-state index contributed by atoms with van der Waals surface area (Å²) in [6.45, 7) is 1.99. The van der Waals surface area contributed by atoms with Crippen molar-refractivity contribution in [1.29, 1.82) is 0 Å². The van der Waals surface area contributed by atoms with Crippen LogP contribution in [-0.4, -0.2) is 19.7 Å². The minimum absolute atomic E-state index is 0.180. The van der Waals surface area contributed by atoms with Gasteiger partial charge in [0.25, 0.3) is 0 Å². The zero-order valence-electron chi connectivity index (χ0n) is 8.54. The van der Waals surface area contributed by atoms with Gasteiger partial charge in [0.2, 0.25) is 0 Å². The predicted octanol–water partition coefficient (Wildman–Crippen LogP) is 2.11. The van der Waals surface area contributed by atoms with Gasteiger partial charge in [0, 0.05) is 6.07 Å². The van der Waals surface area contributed by atoms with Crippen LogP contribution in [-0.2, 0) is 4.74 Å². The van der Waals surface area contributed by atoms with Gasteiger partial charge in [-0.15, -0.1) is 0 Å². The van der Waals surface area contributed by atoms with E-state index in [-0.39, 0.29) is 22.9 Å². The molecule has 0 aliphatic heterocycles. The van der Waals surface area contributed by atoms with E-state index in [1.165, 1.54) is 19.2 Å². The number of carbonyl (C=O) groups is 1. The van der Waals surface area contributed by atoms with Crippen molar-refractivity contribution in [2.75, 3.05) is 19.5 Å². The maximum Gasteiger partial charge on any atom is 0.341 e. The molecule has 5 heteroatoms. The van der Waals surface area contributed by atoms with E-state index in [4.69, 9.17) is 26.8 Å². The van der Waals surface area contributed by atoms with Crippen LogP contribution < -0.4 is 10.5 Å². The lowest BCUT2D eigenvalue weighted by atomic mass is 10.1. The average Bonchev–Trinajstić information content (AvgIpc) is 2.16. The number of benzene rings is 1. The molecule has 0 amide bonds. The lowest BCUT2D eigenvalue weighted by Gasteiger charge is -2.09. The van der Waals surface area contributed by atoms with Crippen molar-refractivity contribution in [2.24, 2.45) is 0 Å². The van der Waals surface area contributed by atoms with Gasteiger partial charge in [-0.1, -0.05) is 11.6 Å². The molecule has 0 bridgehead atoms. The van der Waals surface area contributed by atoms with E-state index in [0.717, 1.165) is 0 Å². The lowest BCUT2D eigenvalue weighted by Crippen LogP contribution is -2.09. The van der Waals surface area contributed by atoms with E-state index in [0.29, 0.717) is 5.75 Å². The molecule has 0 aromatic heterocycles. The van der Waals surface area contributed by atoms with E-state index >= 15 is 0 Å². The predicted molar refractivity (Wildman–Crippen MR) is 58.4 cm³/mol. The molecule has 1 rings (SSSR count). The van der Waals surface area contributed by atoms with Crippen LogP contribution in [0.4, 0.5) is 5.69 Å². The molecule has 0 fully saturated rings. The Labute approximate surface area is 92.9 Å². The van der Waals surface area contributed by atoms with Gasteiger partial charge in [0.15, 0.2) is 0 Å². The third-order valence-corrected chi connectivity index (χ3v) is 2.11. The van der Waals surface area contributed by atoms with Crippen LogP contribution >= 0.6 is 11.6 Å². The highest BCUT2D eigenvalue weighted by molar-refractivity contribution is 6.34. The molecule has 0 atom stereocenters. The number of hydrogen-bond acceptors (Lipinski definition) is 4. The number of carbonyl (C=O) groups excluding carboxylic acids is 1. The maximum atomic E-state index is 11.5. The van der Waals surface area contributed by atoms with Crippen LogP contribution in [0, 0.1) is 0 Å². The van der Waals surface area contributed by atoms with Crippen LogP contribution in [0.1, 0.15) is 17.3 Å². The molecule has 0 spiro atoms. The Hall–Kier alpha value is -1.42. The Morgan fingerprint density at radius 2 is 2.20 bits per heavy atom. The van der Waals surface area contributed by atoms with Crippen molar-refractivity contribution in [2.45, 2.75) is 6.92 Å². The molecule has 1 aromatic rings. The Morgan fingerprint density at radius 3 is 2.67 bits per heavy atom. The first-order valence-electron chi connectivity index (χ1n) is 4.40. The van der Waals surface area contributed by atoms with Crippen molar-refractivity contribution >= 4 is 23.3 Å². The topological polar surface area (TPSA) is 61.5 Å². The highest BCUT2D eigenvalue weighted by Crippen LogP contribution is 2.28. The molecular formula is C10H12ClNO3. The smallest absolute Gasteiger partial charge is 0.341 e. The summed E-state index contributed by atoms with van der Waals surface area (Å²) in [6.07, 6.45) is 0. The fourth-order valence-corrected chi connectivity index (χ4v) is 1.43.